The summed E-state index contributed by atoms with van der Waals surface area (Å²) >= 11 is 0. The molecule has 0 aromatic heterocycles. The average molecular weight is 980 g/mol. The van der Waals surface area contributed by atoms with E-state index < -0.39 is 23.8 Å². The van der Waals surface area contributed by atoms with Gasteiger partial charge in [0.15, 0.2) is 0 Å². The van der Waals surface area contributed by atoms with Crippen molar-refractivity contribution in [2.24, 2.45) is 22.9 Å². The number of hydrogen-bond donors (Lipinski definition) is 4. The maximum absolute atomic E-state index is 15.0. The highest BCUT2D eigenvalue weighted by molar-refractivity contribution is 6.03. The number of allylic oxidation sites excluding steroid dienone is 1. The Kier molecular flexibility index (Phi) is 23.4. The number of aliphatic hydroxyl groups is 3. The first-order valence-corrected chi connectivity index (χ1v) is 26.6. The predicted octanol–water partition coefficient (Wildman–Crippen LogP) is 10.6. The van der Waals surface area contributed by atoms with Gasteiger partial charge in [0.1, 0.15) is 24.1 Å². The van der Waals surface area contributed by atoms with Crippen molar-refractivity contribution >= 4 is 17.7 Å². The molecule has 0 saturated heterocycles. The minimum Gasteiger partial charge on any atom is -0.459 e. The van der Waals surface area contributed by atoms with Gasteiger partial charge in [0.2, 0.25) is 11.7 Å². The van der Waals surface area contributed by atoms with Crippen LogP contribution in [0.5, 0.6) is 11.5 Å². The SMILES string of the molecule is C=CCOC12Oc3ccc(OC(=O)NCc4ccccc4)cc3C3C(CCCCO)C(CCCCO)C=C(C(=NOCc4ccccc4)CC1N(CCOCCO)C(=O)CCCCCCCCCCC)C32. The molecule has 2 aliphatic carbocycles. The fourth-order valence-corrected chi connectivity index (χ4v) is 10.9. The second-order valence-corrected chi connectivity index (χ2v) is 19.3. The van der Waals surface area contributed by atoms with Gasteiger partial charge in [-0.05, 0) is 78.8 Å². The van der Waals surface area contributed by atoms with Crippen LogP contribution in [-0.2, 0) is 32.3 Å². The van der Waals surface area contributed by atoms with Crippen molar-refractivity contribution in [1.29, 1.82) is 0 Å². The third-order valence-corrected chi connectivity index (χ3v) is 14.3. The van der Waals surface area contributed by atoms with E-state index in [2.05, 4.69) is 24.9 Å². The molecule has 6 unspecified atom stereocenters. The van der Waals surface area contributed by atoms with E-state index in [-0.39, 0.29) is 82.9 Å². The Hall–Kier alpha value is -5.05. The van der Waals surface area contributed by atoms with Gasteiger partial charge in [0.05, 0.1) is 38.1 Å². The maximum atomic E-state index is 15.0. The summed E-state index contributed by atoms with van der Waals surface area (Å²) < 4.78 is 26.5. The highest BCUT2D eigenvalue weighted by Crippen LogP contribution is 2.62. The van der Waals surface area contributed by atoms with Gasteiger partial charge < -0.3 is 49.3 Å². The molecular weight excluding hydrogens is 899 g/mol. The lowest BCUT2D eigenvalue weighted by atomic mass is 9.55. The van der Waals surface area contributed by atoms with E-state index >= 15 is 4.79 Å². The summed E-state index contributed by atoms with van der Waals surface area (Å²) in [5.41, 5.74) is 4.35. The number of nitrogens with zero attached hydrogens (tertiary/aromatic N) is 2. The number of carbonyl (C=O) groups excluding carboxylic acids is 2. The summed E-state index contributed by atoms with van der Waals surface area (Å²) in [6.07, 6.45) is 18.5. The van der Waals surface area contributed by atoms with Crippen LogP contribution < -0.4 is 14.8 Å². The zero-order valence-corrected chi connectivity index (χ0v) is 42.2. The number of oxime groups is 1. The molecule has 0 radical (unpaired) electrons. The number of aliphatic hydroxyl groups excluding tert-OH is 3. The van der Waals surface area contributed by atoms with E-state index in [0.717, 1.165) is 73.6 Å². The number of nitrogens with one attached hydrogen (secondary N) is 1. The van der Waals surface area contributed by atoms with Crippen LogP contribution in [0.15, 0.2) is 108 Å². The molecule has 13 heteroatoms. The molecule has 4 N–H and O–H groups in total. The third-order valence-electron chi connectivity index (χ3n) is 14.3. The molecule has 13 nitrogen and oxygen atoms in total. The van der Waals surface area contributed by atoms with Gasteiger partial charge in [0, 0.05) is 50.6 Å². The summed E-state index contributed by atoms with van der Waals surface area (Å²) in [7, 11) is 0. The molecule has 1 saturated carbocycles. The number of unbranched alkanes of at least 4 members (excludes halogenated alkanes) is 10. The van der Waals surface area contributed by atoms with Gasteiger partial charge in [-0.25, -0.2) is 4.79 Å². The molecule has 3 aromatic rings. The van der Waals surface area contributed by atoms with E-state index in [1.165, 1.54) is 32.1 Å². The second-order valence-electron chi connectivity index (χ2n) is 19.3. The molecule has 1 aliphatic heterocycles. The smallest absolute Gasteiger partial charge is 0.412 e. The van der Waals surface area contributed by atoms with E-state index in [9.17, 15) is 20.1 Å². The summed E-state index contributed by atoms with van der Waals surface area (Å²) in [6.45, 7) is 7.50. The lowest BCUT2D eigenvalue weighted by Crippen LogP contribution is -2.70. The summed E-state index contributed by atoms with van der Waals surface area (Å²) in [5, 5.41) is 37.6. The Morgan fingerprint density at radius 3 is 2.21 bits per heavy atom. The number of benzene rings is 3. The Labute approximate surface area is 422 Å². The molecule has 3 aliphatic rings. The van der Waals surface area contributed by atoms with Crippen molar-refractivity contribution in [1.82, 2.24) is 10.2 Å². The fraction of sp³-hybridized carbons (Fsp3) is 0.569. The highest BCUT2D eigenvalue weighted by Gasteiger charge is 2.65. The largest absolute Gasteiger partial charge is 0.459 e. The second kappa shape index (κ2) is 30.1. The van der Waals surface area contributed by atoms with Crippen molar-refractivity contribution in [3.8, 4) is 11.5 Å². The Balaban J connectivity index is 1.46. The van der Waals surface area contributed by atoms with Gasteiger partial charge in [0.25, 0.3) is 0 Å². The lowest BCUT2D eigenvalue weighted by Gasteiger charge is -2.60. The molecule has 1 heterocycles. The first-order valence-electron chi connectivity index (χ1n) is 26.6. The lowest BCUT2D eigenvalue weighted by molar-refractivity contribution is -0.258. The normalized spacial score (nSPS) is 21.6. The topological polar surface area (TPSA) is 169 Å². The maximum Gasteiger partial charge on any atom is 0.412 e. The van der Waals surface area contributed by atoms with Crippen molar-refractivity contribution in [3.63, 3.8) is 0 Å². The van der Waals surface area contributed by atoms with E-state index in [1.54, 1.807) is 12.1 Å². The molecule has 1 fully saturated rings. The number of rotatable bonds is 33. The van der Waals surface area contributed by atoms with Crippen molar-refractivity contribution in [3.05, 3.63) is 120 Å². The molecular formula is C58H81N3O10. The van der Waals surface area contributed by atoms with Gasteiger partial charge in [-0.3, -0.25) is 4.79 Å². The summed E-state index contributed by atoms with van der Waals surface area (Å²) in [4.78, 5) is 36.6. The van der Waals surface area contributed by atoms with E-state index in [0.29, 0.717) is 43.0 Å². The van der Waals surface area contributed by atoms with Crippen LogP contribution in [0, 0.1) is 17.8 Å². The number of hydrogen-bond acceptors (Lipinski definition) is 11. The minimum absolute atomic E-state index is 0.0187. The average Bonchev–Trinajstić information content (AvgIpc) is 3.39. The van der Waals surface area contributed by atoms with E-state index in [1.807, 2.05) is 77.7 Å². The predicted molar refractivity (Wildman–Crippen MR) is 277 cm³/mol. The molecule has 6 atom stereocenters. The van der Waals surface area contributed by atoms with Crippen LogP contribution in [0.25, 0.3) is 0 Å². The van der Waals surface area contributed by atoms with Crippen LogP contribution >= 0.6 is 0 Å². The monoisotopic (exact) mass is 980 g/mol. The standard InChI is InChI=1S/C58H81N3O10/c1-3-5-6-7-8-9-10-11-18-29-54(65)61(32-37-67-38-35-64)53-41-51(60-69-43-45-25-16-13-17-26-45)49-39-46(27-19-21-33-62)48(28-20-22-34-63)55-50-40-47(70-57(66)59-42-44-23-14-12-15-24-44)30-31-52(50)71-58(53,56(49)55)68-36-4-2/h4,12-17,23-26,30-31,39-40,46,48,53,55-56,62-64H,2-3,5-11,18-22,27-29,32-38,41-43H2,1H3,(H,59,66). The zero-order chi connectivity index (χ0) is 50.1. The molecule has 71 heavy (non-hydrogen) atoms. The van der Waals surface area contributed by atoms with Crippen molar-refractivity contribution in [2.75, 3.05) is 46.2 Å². The van der Waals surface area contributed by atoms with Crippen LogP contribution in [0.3, 0.4) is 0 Å². The number of amides is 2. The van der Waals surface area contributed by atoms with Crippen LogP contribution in [0.4, 0.5) is 4.79 Å². The Morgan fingerprint density at radius 1 is 0.831 bits per heavy atom. The molecule has 6 rings (SSSR count). The molecule has 388 valence electrons. The fourth-order valence-electron chi connectivity index (χ4n) is 10.9. The van der Waals surface area contributed by atoms with Gasteiger partial charge >= 0.3 is 6.09 Å². The van der Waals surface area contributed by atoms with Gasteiger partial charge in [-0.2, -0.15) is 0 Å². The third kappa shape index (κ3) is 15.7. The summed E-state index contributed by atoms with van der Waals surface area (Å²) in [6, 6.07) is 24.3. The quantitative estimate of drug-likeness (QED) is 0.0262. The first-order chi connectivity index (χ1) is 34.9. The van der Waals surface area contributed by atoms with Crippen LogP contribution in [0.1, 0.15) is 139 Å². The van der Waals surface area contributed by atoms with Crippen molar-refractivity contribution in [2.45, 2.75) is 147 Å². The van der Waals surface area contributed by atoms with Crippen molar-refractivity contribution < 1.29 is 48.7 Å². The van der Waals surface area contributed by atoms with Crippen LogP contribution in [-0.4, -0.2) is 95.9 Å². The molecule has 2 amide bonds. The van der Waals surface area contributed by atoms with E-state index in [4.69, 9.17) is 28.9 Å². The summed E-state index contributed by atoms with van der Waals surface area (Å²) in [5.74, 6) is -1.43. The van der Waals surface area contributed by atoms with Gasteiger partial charge in [-0.1, -0.05) is 149 Å². The molecule has 0 bridgehead atoms. The Bertz CT molecular complexity index is 2120. The number of fused-ring (bicyclic) bond motifs is 2. The number of ether oxygens (including phenoxy) is 4. The molecule has 3 aromatic carbocycles. The molecule has 0 spiro atoms. The minimum atomic E-state index is -1.46. The number of carbonyl (C=O) groups is 2. The zero-order valence-electron chi connectivity index (χ0n) is 42.2. The Morgan fingerprint density at radius 2 is 1.52 bits per heavy atom. The van der Waals surface area contributed by atoms with Gasteiger partial charge in [-0.15, -0.1) is 6.58 Å². The first kappa shape index (κ1) is 55.3. The highest BCUT2D eigenvalue weighted by atomic mass is 16.7. The van der Waals surface area contributed by atoms with Crippen LogP contribution in [0.2, 0.25) is 0 Å².